The maximum Gasteiger partial charge on any atom is 0.191 e. The van der Waals surface area contributed by atoms with Crippen molar-refractivity contribution in [2.45, 2.75) is 34.0 Å². The molecule has 1 aliphatic rings. The zero-order chi connectivity index (χ0) is 13.2. The molecule has 1 fully saturated rings. The van der Waals surface area contributed by atoms with Crippen LogP contribution in [0.1, 0.15) is 25.1 Å². The lowest BCUT2D eigenvalue weighted by molar-refractivity contribution is -0.231. The van der Waals surface area contributed by atoms with Gasteiger partial charge in [0.1, 0.15) is 12.4 Å². The molecular weight excluding hydrogens is 230 g/mol. The Morgan fingerprint density at radius 1 is 1.33 bits per heavy atom. The molecule has 0 radical (unpaired) electrons. The molecule has 1 aliphatic heterocycles. The topological polar surface area (TPSA) is 40.6 Å². The Bertz CT molecular complexity index is 408. The van der Waals surface area contributed by atoms with Gasteiger partial charge in [-0.3, -0.25) is 4.98 Å². The van der Waals surface area contributed by atoms with Crippen molar-refractivity contribution < 1.29 is 14.2 Å². The van der Waals surface area contributed by atoms with E-state index in [0.717, 1.165) is 17.0 Å². The molecule has 0 atom stereocenters. The van der Waals surface area contributed by atoms with Gasteiger partial charge in [0.15, 0.2) is 6.29 Å². The highest BCUT2D eigenvalue weighted by atomic mass is 16.7. The number of aryl methyl sites for hydroxylation is 1. The van der Waals surface area contributed by atoms with Crippen LogP contribution in [0.4, 0.5) is 0 Å². The molecule has 0 bridgehead atoms. The zero-order valence-corrected chi connectivity index (χ0v) is 11.5. The van der Waals surface area contributed by atoms with E-state index in [1.54, 1.807) is 6.20 Å². The van der Waals surface area contributed by atoms with Crippen LogP contribution in [0.3, 0.4) is 0 Å². The van der Waals surface area contributed by atoms with Crippen LogP contribution in [0.2, 0.25) is 0 Å². The number of hydrogen-bond donors (Lipinski definition) is 0. The highest BCUT2D eigenvalue weighted by molar-refractivity contribution is 5.33. The van der Waals surface area contributed by atoms with E-state index < -0.39 is 0 Å². The van der Waals surface area contributed by atoms with Crippen molar-refractivity contribution in [3.63, 3.8) is 0 Å². The van der Waals surface area contributed by atoms with Crippen molar-refractivity contribution in [1.29, 1.82) is 0 Å². The average molecular weight is 251 g/mol. The summed E-state index contributed by atoms with van der Waals surface area (Å²) in [5.41, 5.74) is 2.15. The van der Waals surface area contributed by atoms with Gasteiger partial charge in [0.05, 0.1) is 13.2 Å². The van der Waals surface area contributed by atoms with Gasteiger partial charge in [0, 0.05) is 22.9 Å². The van der Waals surface area contributed by atoms with E-state index in [9.17, 15) is 0 Å². The molecule has 4 heteroatoms. The van der Waals surface area contributed by atoms with Gasteiger partial charge in [-0.25, -0.2) is 0 Å². The van der Waals surface area contributed by atoms with Gasteiger partial charge in [-0.05, 0) is 19.9 Å². The van der Waals surface area contributed by atoms with E-state index >= 15 is 0 Å². The predicted molar refractivity (Wildman–Crippen MR) is 68.7 cm³/mol. The van der Waals surface area contributed by atoms with Crippen LogP contribution in [-0.2, 0) is 9.47 Å². The van der Waals surface area contributed by atoms with E-state index in [-0.39, 0.29) is 11.7 Å². The zero-order valence-electron chi connectivity index (χ0n) is 11.5. The highest BCUT2D eigenvalue weighted by Gasteiger charge is 2.28. The van der Waals surface area contributed by atoms with Crippen LogP contribution in [-0.4, -0.2) is 31.1 Å². The summed E-state index contributed by atoms with van der Waals surface area (Å²) in [6, 6.07) is 1.87. The van der Waals surface area contributed by atoms with E-state index in [1.807, 2.05) is 19.9 Å². The standard InChI is InChI=1S/C14H21NO3/c1-10-11(2)15-6-5-12(10)16-7-13-17-8-14(3,4)9-18-13/h5-6,13H,7-9H2,1-4H3. The van der Waals surface area contributed by atoms with E-state index in [1.165, 1.54) is 0 Å². The van der Waals surface area contributed by atoms with Crippen molar-refractivity contribution in [1.82, 2.24) is 4.98 Å². The summed E-state index contributed by atoms with van der Waals surface area (Å²) in [4.78, 5) is 4.21. The second-order valence-corrected chi connectivity index (χ2v) is 5.55. The number of hydrogen-bond acceptors (Lipinski definition) is 4. The SMILES string of the molecule is Cc1nccc(OCC2OCC(C)(C)CO2)c1C. The van der Waals surface area contributed by atoms with Gasteiger partial charge in [-0.2, -0.15) is 0 Å². The molecule has 1 saturated heterocycles. The van der Waals surface area contributed by atoms with Crippen LogP contribution >= 0.6 is 0 Å². The Morgan fingerprint density at radius 2 is 2.00 bits per heavy atom. The molecule has 0 saturated carbocycles. The Morgan fingerprint density at radius 3 is 2.67 bits per heavy atom. The Hall–Kier alpha value is -1.13. The van der Waals surface area contributed by atoms with Crippen molar-refractivity contribution in [3.05, 3.63) is 23.5 Å². The first-order valence-electron chi connectivity index (χ1n) is 6.26. The van der Waals surface area contributed by atoms with Gasteiger partial charge < -0.3 is 14.2 Å². The molecule has 1 aromatic rings. The van der Waals surface area contributed by atoms with Crippen molar-refractivity contribution >= 4 is 0 Å². The fourth-order valence-corrected chi connectivity index (χ4v) is 1.75. The fraction of sp³-hybridized carbons (Fsp3) is 0.643. The van der Waals surface area contributed by atoms with Crippen LogP contribution in [0.5, 0.6) is 5.75 Å². The number of nitrogens with zero attached hydrogens (tertiary/aromatic N) is 1. The number of pyridine rings is 1. The van der Waals surface area contributed by atoms with E-state index in [4.69, 9.17) is 14.2 Å². The summed E-state index contributed by atoms with van der Waals surface area (Å²) in [6.45, 7) is 10.0. The molecule has 2 rings (SSSR count). The van der Waals surface area contributed by atoms with Gasteiger partial charge >= 0.3 is 0 Å². The van der Waals surface area contributed by atoms with Crippen molar-refractivity contribution in [3.8, 4) is 5.75 Å². The smallest absolute Gasteiger partial charge is 0.191 e. The van der Waals surface area contributed by atoms with E-state index in [0.29, 0.717) is 19.8 Å². The summed E-state index contributed by atoms with van der Waals surface area (Å²) >= 11 is 0. The van der Waals surface area contributed by atoms with Gasteiger partial charge in [-0.1, -0.05) is 13.8 Å². The largest absolute Gasteiger partial charge is 0.488 e. The quantitative estimate of drug-likeness (QED) is 0.827. The third kappa shape index (κ3) is 3.21. The molecule has 0 aliphatic carbocycles. The molecule has 18 heavy (non-hydrogen) atoms. The van der Waals surface area contributed by atoms with Crippen LogP contribution < -0.4 is 4.74 Å². The van der Waals surface area contributed by atoms with E-state index in [2.05, 4.69) is 18.8 Å². The van der Waals surface area contributed by atoms with Crippen molar-refractivity contribution in [2.24, 2.45) is 5.41 Å². The molecule has 4 nitrogen and oxygen atoms in total. The lowest BCUT2D eigenvalue weighted by Crippen LogP contribution is -2.40. The van der Waals surface area contributed by atoms with Gasteiger partial charge in [-0.15, -0.1) is 0 Å². The van der Waals surface area contributed by atoms with Gasteiger partial charge in [0.25, 0.3) is 0 Å². The summed E-state index contributed by atoms with van der Waals surface area (Å²) in [5.74, 6) is 0.847. The first-order valence-corrected chi connectivity index (χ1v) is 6.26. The molecule has 100 valence electrons. The third-order valence-corrected chi connectivity index (χ3v) is 3.10. The first-order chi connectivity index (χ1) is 8.48. The molecule has 2 heterocycles. The number of rotatable bonds is 3. The summed E-state index contributed by atoms with van der Waals surface area (Å²) < 4.78 is 17.0. The highest BCUT2D eigenvalue weighted by Crippen LogP contribution is 2.24. The van der Waals surface area contributed by atoms with Crippen LogP contribution in [0, 0.1) is 19.3 Å². The molecule has 1 aromatic heterocycles. The molecule has 0 amide bonds. The maximum atomic E-state index is 5.74. The average Bonchev–Trinajstić information content (AvgIpc) is 2.33. The molecule has 0 N–H and O–H groups in total. The Labute approximate surface area is 108 Å². The number of aromatic nitrogens is 1. The summed E-state index contributed by atoms with van der Waals surface area (Å²) in [6.07, 6.45) is 1.48. The third-order valence-electron chi connectivity index (χ3n) is 3.10. The molecule has 0 unspecified atom stereocenters. The van der Waals surface area contributed by atoms with Crippen LogP contribution in [0.15, 0.2) is 12.3 Å². The normalized spacial score (nSPS) is 19.8. The summed E-state index contributed by atoms with van der Waals surface area (Å²) in [7, 11) is 0. The van der Waals surface area contributed by atoms with Crippen molar-refractivity contribution in [2.75, 3.05) is 19.8 Å². The lowest BCUT2D eigenvalue weighted by atomic mass is 9.96. The Balaban J connectivity index is 1.87. The minimum Gasteiger partial charge on any atom is -0.488 e. The second kappa shape index (κ2) is 5.24. The maximum absolute atomic E-state index is 5.74. The summed E-state index contributed by atoms with van der Waals surface area (Å²) in [5, 5.41) is 0. The fourth-order valence-electron chi connectivity index (χ4n) is 1.75. The molecule has 0 aromatic carbocycles. The van der Waals surface area contributed by atoms with Gasteiger partial charge in [0.2, 0.25) is 0 Å². The minimum absolute atomic E-state index is 0.0969. The molecular formula is C14H21NO3. The second-order valence-electron chi connectivity index (χ2n) is 5.55. The lowest BCUT2D eigenvalue weighted by Gasteiger charge is -2.34. The monoisotopic (exact) mass is 251 g/mol. The first kappa shape index (κ1) is 13.3. The Kier molecular flexibility index (Phi) is 3.88. The minimum atomic E-state index is -0.272. The molecule has 0 spiro atoms. The number of ether oxygens (including phenoxy) is 3. The predicted octanol–water partition coefficient (Wildman–Crippen LogP) is 2.48. The van der Waals surface area contributed by atoms with Crippen LogP contribution in [0.25, 0.3) is 0 Å².